The molecular formula is C18H13NO. The third-order valence-electron chi connectivity index (χ3n) is 3.26. The maximum Gasteiger partial charge on any atom is 0.119 e. The highest BCUT2D eigenvalue weighted by Crippen LogP contribution is 2.20. The minimum absolute atomic E-state index is 0.521. The Morgan fingerprint density at radius 2 is 1.60 bits per heavy atom. The van der Waals surface area contributed by atoms with Gasteiger partial charge in [-0.15, -0.1) is 0 Å². The van der Waals surface area contributed by atoms with E-state index in [0.717, 1.165) is 11.3 Å². The summed E-state index contributed by atoms with van der Waals surface area (Å²) in [5.41, 5.74) is 1.80. The second-order valence-electron chi connectivity index (χ2n) is 4.56. The summed E-state index contributed by atoms with van der Waals surface area (Å²) < 4.78 is 5.79. The number of fused-ring (bicyclic) bond motifs is 1. The molecule has 2 heteroatoms. The van der Waals surface area contributed by atoms with Crippen molar-refractivity contribution in [1.29, 1.82) is 5.26 Å². The van der Waals surface area contributed by atoms with Gasteiger partial charge in [0, 0.05) is 0 Å². The van der Waals surface area contributed by atoms with E-state index in [-0.39, 0.29) is 0 Å². The Kier molecular flexibility index (Phi) is 3.34. The molecule has 0 N–H and O–H groups in total. The van der Waals surface area contributed by atoms with Crippen LogP contribution in [0.4, 0.5) is 0 Å². The van der Waals surface area contributed by atoms with Gasteiger partial charge in [-0.25, -0.2) is 0 Å². The van der Waals surface area contributed by atoms with E-state index in [9.17, 15) is 0 Å². The number of nitriles is 1. The highest BCUT2D eigenvalue weighted by molar-refractivity contribution is 5.85. The molecule has 3 aromatic rings. The third-order valence-corrected chi connectivity index (χ3v) is 3.26. The number of ether oxygens (including phenoxy) is 1. The molecule has 3 rings (SSSR count). The van der Waals surface area contributed by atoms with Crippen LogP contribution in [0.15, 0.2) is 66.7 Å². The highest BCUT2D eigenvalue weighted by atomic mass is 16.5. The molecule has 0 aromatic heterocycles. The number of hydrogen-bond donors (Lipinski definition) is 0. The summed E-state index contributed by atoms with van der Waals surface area (Å²) in [4.78, 5) is 0. The van der Waals surface area contributed by atoms with Crippen molar-refractivity contribution < 1.29 is 4.74 Å². The molecule has 0 radical (unpaired) electrons. The van der Waals surface area contributed by atoms with Crippen LogP contribution < -0.4 is 4.74 Å². The van der Waals surface area contributed by atoms with Crippen molar-refractivity contribution >= 4 is 10.8 Å². The van der Waals surface area contributed by atoms with Crippen molar-refractivity contribution in [3.63, 3.8) is 0 Å². The minimum atomic E-state index is 0.521. The lowest BCUT2D eigenvalue weighted by Gasteiger charge is -2.09. The molecule has 0 amide bonds. The molecule has 0 unspecified atom stereocenters. The first kappa shape index (κ1) is 12.3. The van der Waals surface area contributed by atoms with Gasteiger partial charge in [0.05, 0.1) is 11.6 Å². The lowest BCUT2D eigenvalue weighted by atomic mass is 10.1. The van der Waals surface area contributed by atoms with E-state index in [1.54, 1.807) is 12.1 Å². The number of rotatable bonds is 3. The zero-order valence-corrected chi connectivity index (χ0v) is 10.9. The number of hydrogen-bond acceptors (Lipinski definition) is 2. The van der Waals surface area contributed by atoms with Crippen LogP contribution in [0.1, 0.15) is 11.1 Å². The fourth-order valence-corrected chi connectivity index (χ4v) is 2.21. The predicted molar refractivity (Wildman–Crippen MR) is 79.4 cm³/mol. The first-order valence-corrected chi connectivity index (χ1v) is 6.46. The Hall–Kier alpha value is -2.79. The van der Waals surface area contributed by atoms with Gasteiger partial charge in [-0.05, 0) is 40.6 Å². The molecule has 3 aromatic carbocycles. The fraction of sp³-hybridized carbons (Fsp3) is 0.0556. The van der Waals surface area contributed by atoms with E-state index in [0.29, 0.717) is 12.2 Å². The van der Waals surface area contributed by atoms with Crippen molar-refractivity contribution in [1.82, 2.24) is 0 Å². The van der Waals surface area contributed by atoms with E-state index in [4.69, 9.17) is 10.00 Å². The molecule has 2 nitrogen and oxygen atoms in total. The van der Waals surface area contributed by atoms with Crippen LogP contribution in [-0.4, -0.2) is 0 Å². The van der Waals surface area contributed by atoms with Crippen LogP contribution in [0, 0.1) is 11.3 Å². The molecule has 0 fully saturated rings. The van der Waals surface area contributed by atoms with Crippen LogP contribution in [0.5, 0.6) is 5.75 Å². The Morgan fingerprint density at radius 3 is 2.40 bits per heavy atom. The van der Waals surface area contributed by atoms with Crippen molar-refractivity contribution in [2.45, 2.75) is 6.61 Å². The third kappa shape index (κ3) is 2.48. The molecule has 0 saturated heterocycles. The topological polar surface area (TPSA) is 33.0 Å². The molecule has 0 heterocycles. The van der Waals surface area contributed by atoms with E-state index in [2.05, 4.69) is 30.3 Å². The zero-order chi connectivity index (χ0) is 13.8. The molecule has 0 aliphatic carbocycles. The molecule has 0 aliphatic heterocycles. The zero-order valence-electron chi connectivity index (χ0n) is 10.9. The summed E-state index contributed by atoms with van der Waals surface area (Å²) in [6.45, 7) is 0.521. The summed E-state index contributed by atoms with van der Waals surface area (Å²) in [7, 11) is 0. The maximum atomic E-state index is 8.76. The first-order chi connectivity index (χ1) is 9.86. The molecule has 0 aliphatic rings. The largest absolute Gasteiger partial charge is 0.489 e. The monoisotopic (exact) mass is 259 g/mol. The standard InChI is InChI=1S/C18H13NO/c19-12-14-8-10-17(11-9-14)20-13-16-6-3-5-15-4-1-2-7-18(15)16/h1-11H,13H2. The second kappa shape index (κ2) is 5.46. The highest BCUT2D eigenvalue weighted by Gasteiger charge is 2.01. The summed E-state index contributed by atoms with van der Waals surface area (Å²) in [6, 6.07) is 23.8. The quantitative estimate of drug-likeness (QED) is 0.703. The van der Waals surface area contributed by atoms with E-state index >= 15 is 0 Å². The first-order valence-electron chi connectivity index (χ1n) is 6.46. The second-order valence-corrected chi connectivity index (χ2v) is 4.56. The SMILES string of the molecule is N#Cc1ccc(OCc2cccc3ccccc23)cc1. The van der Waals surface area contributed by atoms with Crippen LogP contribution >= 0.6 is 0 Å². The van der Waals surface area contributed by atoms with Crippen molar-refractivity contribution in [2.75, 3.05) is 0 Å². The Morgan fingerprint density at radius 1 is 0.850 bits per heavy atom. The lowest BCUT2D eigenvalue weighted by molar-refractivity contribution is 0.307. The molecular weight excluding hydrogens is 246 g/mol. The summed E-state index contributed by atoms with van der Waals surface area (Å²) in [5.74, 6) is 0.775. The molecule has 0 saturated carbocycles. The van der Waals surface area contributed by atoms with Gasteiger partial charge in [0.15, 0.2) is 0 Å². The molecule has 96 valence electrons. The lowest BCUT2D eigenvalue weighted by Crippen LogP contribution is -1.96. The van der Waals surface area contributed by atoms with E-state index in [1.165, 1.54) is 10.8 Å². The van der Waals surface area contributed by atoms with E-state index in [1.807, 2.05) is 30.3 Å². The van der Waals surface area contributed by atoms with Crippen LogP contribution in [0.2, 0.25) is 0 Å². The number of nitrogens with zero attached hydrogens (tertiary/aromatic N) is 1. The Labute approximate surface area is 117 Å². The normalized spacial score (nSPS) is 10.2. The average Bonchev–Trinajstić information content (AvgIpc) is 2.53. The van der Waals surface area contributed by atoms with Gasteiger partial charge in [0.25, 0.3) is 0 Å². The van der Waals surface area contributed by atoms with E-state index < -0.39 is 0 Å². The van der Waals surface area contributed by atoms with Crippen molar-refractivity contribution in [3.05, 3.63) is 77.9 Å². The van der Waals surface area contributed by atoms with Gasteiger partial charge in [0.1, 0.15) is 12.4 Å². The average molecular weight is 259 g/mol. The van der Waals surface area contributed by atoms with Crippen LogP contribution in [-0.2, 0) is 6.61 Å². The van der Waals surface area contributed by atoms with Gasteiger partial charge >= 0.3 is 0 Å². The Bertz CT molecular complexity index is 764. The van der Waals surface area contributed by atoms with Gasteiger partial charge < -0.3 is 4.74 Å². The predicted octanol–water partition coefficient (Wildman–Crippen LogP) is 4.29. The maximum absolute atomic E-state index is 8.76. The Balaban J connectivity index is 1.81. The summed E-state index contributed by atoms with van der Waals surface area (Å²) in [5, 5.41) is 11.2. The van der Waals surface area contributed by atoms with Crippen molar-refractivity contribution in [3.8, 4) is 11.8 Å². The van der Waals surface area contributed by atoms with Gasteiger partial charge in [-0.1, -0.05) is 42.5 Å². The molecule has 20 heavy (non-hydrogen) atoms. The summed E-state index contributed by atoms with van der Waals surface area (Å²) in [6.07, 6.45) is 0. The summed E-state index contributed by atoms with van der Waals surface area (Å²) >= 11 is 0. The van der Waals surface area contributed by atoms with Crippen molar-refractivity contribution in [2.24, 2.45) is 0 Å². The smallest absolute Gasteiger partial charge is 0.119 e. The van der Waals surface area contributed by atoms with Gasteiger partial charge in [0.2, 0.25) is 0 Å². The number of benzene rings is 3. The molecule has 0 bridgehead atoms. The fourth-order valence-electron chi connectivity index (χ4n) is 2.21. The van der Waals surface area contributed by atoms with Gasteiger partial charge in [-0.3, -0.25) is 0 Å². The molecule has 0 atom stereocenters. The van der Waals surface area contributed by atoms with Crippen LogP contribution in [0.3, 0.4) is 0 Å². The molecule has 0 spiro atoms. The van der Waals surface area contributed by atoms with Crippen LogP contribution in [0.25, 0.3) is 10.8 Å². The minimum Gasteiger partial charge on any atom is -0.489 e. The van der Waals surface area contributed by atoms with Gasteiger partial charge in [-0.2, -0.15) is 5.26 Å².